The van der Waals surface area contributed by atoms with Crippen LogP contribution in [0.1, 0.15) is 33.6 Å². The molecule has 1 aliphatic heterocycles. The second-order valence-electron chi connectivity index (χ2n) is 5.21. The molecule has 1 amide bonds. The Bertz CT molecular complexity index is 263. The number of alkyl carbamates (subject to hydrolysis) is 1. The van der Waals surface area contributed by atoms with Gasteiger partial charge in [0.1, 0.15) is 5.60 Å². The average molecular weight is 226 g/mol. The van der Waals surface area contributed by atoms with Crippen molar-refractivity contribution in [3.05, 3.63) is 12.3 Å². The smallest absolute Gasteiger partial charge is 0.411 e. The molecule has 16 heavy (non-hydrogen) atoms. The van der Waals surface area contributed by atoms with Crippen LogP contribution in [0.4, 0.5) is 4.79 Å². The summed E-state index contributed by atoms with van der Waals surface area (Å²) in [5, 5.41) is 2.67. The third-order valence-electron chi connectivity index (χ3n) is 2.29. The Kier molecular flexibility index (Phi) is 4.35. The molecule has 1 heterocycles. The average Bonchev–Trinajstić information content (AvgIpc) is 2.51. The summed E-state index contributed by atoms with van der Waals surface area (Å²) in [6.07, 6.45) is 2.05. The lowest BCUT2D eigenvalue weighted by Gasteiger charge is -2.21. The van der Waals surface area contributed by atoms with Crippen LogP contribution in [0.15, 0.2) is 12.3 Å². The highest BCUT2D eigenvalue weighted by Crippen LogP contribution is 2.09. The van der Waals surface area contributed by atoms with Gasteiger partial charge in [0, 0.05) is 12.2 Å². The fraction of sp³-hybridized carbons (Fsp3) is 0.750. The number of hydrogen-bond acceptors (Lipinski definition) is 3. The lowest BCUT2D eigenvalue weighted by Crippen LogP contribution is -2.35. The number of carbonyl (C=O) groups excluding carboxylic acids is 1. The third kappa shape index (κ3) is 5.16. The number of ether oxygens (including phenoxy) is 1. The van der Waals surface area contributed by atoms with Gasteiger partial charge in [-0.25, -0.2) is 4.79 Å². The molecule has 0 bridgehead atoms. The SMILES string of the molecule is C=C(CN1CCCC1)NC(=O)OC(C)(C)C. The molecule has 0 aliphatic carbocycles. The molecule has 0 aromatic heterocycles. The van der Waals surface area contributed by atoms with Crippen LogP contribution in [0, 0.1) is 0 Å². The maximum atomic E-state index is 11.4. The van der Waals surface area contributed by atoms with Gasteiger partial charge in [-0.15, -0.1) is 0 Å². The van der Waals surface area contributed by atoms with Crippen LogP contribution in [-0.4, -0.2) is 36.2 Å². The molecule has 4 heteroatoms. The zero-order chi connectivity index (χ0) is 12.2. The van der Waals surface area contributed by atoms with Gasteiger partial charge in [-0.2, -0.15) is 0 Å². The summed E-state index contributed by atoms with van der Waals surface area (Å²) in [5.74, 6) is 0. The van der Waals surface area contributed by atoms with E-state index < -0.39 is 11.7 Å². The molecule has 0 spiro atoms. The number of likely N-dealkylation sites (tertiary alicyclic amines) is 1. The summed E-state index contributed by atoms with van der Waals surface area (Å²) in [6.45, 7) is 12.3. The van der Waals surface area contributed by atoms with Crippen LogP contribution in [0.2, 0.25) is 0 Å². The van der Waals surface area contributed by atoms with Crippen LogP contribution in [0.5, 0.6) is 0 Å². The number of carbonyl (C=O) groups is 1. The summed E-state index contributed by atoms with van der Waals surface area (Å²) in [7, 11) is 0. The van der Waals surface area contributed by atoms with Gasteiger partial charge < -0.3 is 4.74 Å². The van der Waals surface area contributed by atoms with Crippen LogP contribution >= 0.6 is 0 Å². The van der Waals surface area contributed by atoms with Crippen molar-refractivity contribution in [2.24, 2.45) is 0 Å². The Morgan fingerprint density at radius 1 is 1.38 bits per heavy atom. The zero-order valence-electron chi connectivity index (χ0n) is 10.5. The number of nitrogens with one attached hydrogen (secondary N) is 1. The fourth-order valence-electron chi connectivity index (χ4n) is 1.70. The van der Waals surface area contributed by atoms with Crippen molar-refractivity contribution in [2.45, 2.75) is 39.2 Å². The normalized spacial score (nSPS) is 17.2. The predicted molar refractivity (Wildman–Crippen MR) is 64.2 cm³/mol. The fourth-order valence-corrected chi connectivity index (χ4v) is 1.70. The summed E-state index contributed by atoms with van der Waals surface area (Å²) in [4.78, 5) is 13.7. The Morgan fingerprint density at radius 2 is 1.94 bits per heavy atom. The molecule has 0 radical (unpaired) electrons. The number of hydrogen-bond donors (Lipinski definition) is 1. The van der Waals surface area contributed by atoms with Crippen LogP contribution < -0.4 is 5.32 Å². The summed E-state index contributed by atoms with van der Waals surface area (Å²) in [5.41, 5.74) is 0.244. The minimum atomic E-state index is -0.460. The summed E-state index contributed by atoms with van der Waals surface area (Å²) < 4.78 is 5.14. The molecule has 0 unspecified atom stereocenters. The van der Waals surface area contributed by atoms with Crippen molar-refractivity contribution in [3.63, 3.8) is 0 Å². The molecule has 4 nitrogen and oxygen atoms in total. The van der Waals surface area contributed by atoms with Crippen molar-refractivity contribution >= 4 is 6.09 Å². The van der Waals surface area contributed by atoms with Crippen LogP contribution in [-0.2, 0) is 4.74 Å². The van der Waals surface area contributed by atoms with Gasteiger partial charge in [-0.05, 0) is 46.7 Å². The van der Waals surface area contributed by atoms with Gasteiger partial charge in [0.25, 0.3) is 0 Å². The van der Waals surface area contributed by atoms with E-state index in [1.54, 1.807) is 0 Å². The second-order valence-corrected chi connectivity index (χ2v) is 5.21. The Labute approximate surface area is 97.6 Å². The quantitative estimate of drug-likeness (QED) is 0.801. The molecule has 1 fully saturated rings. The first kappa shape index (κ1) is 13.0. The van der Waals surface area contributed by atoms with Gasteiger partial charge in [-0.3, -0.25) is 10.2 Å². The van der Waals surface area contributed by atoms with Crippen molar-refractivity contribution in [2.75, 3.05) is 19.6 Å². The lowest BCUT2D eigenvalue weighted by molar-refractivity contribution is 0.0542. The topological polar surface area (TPSA) is 41.6 Å². The van der Waals surface area contributed by atoms with E-state index in [1.165, 1.54) is 12.8 Å². The number of amides is 1. The Balaban J connectivity index is 2.25. The van der Waals surface area contributed by atoms with E-state index in [0.29, 0.717) is 5.70 Å². The van der Waals surface area contributed by atoms with Gasteiger partial charge in [0.15, 0.2) is 0 Å². The molecule has 1 rings (SSSR count). The Hall–Kier alpha value is -1.03. The van der Waals surface area contributed by atoms with Gasteiger partial charge in [0.05, 0.1) is 0 Å². The predicted octanol–water partition coefficient (Wildman–Crippen LogP) is 2.12. The van der Waals surface area contributed by atoms with E-state index in [9.17, 15) is 4.79 Å². The van der Waals surface area contributed by atoms with E-state index in [2.05, 4.69) is 16.8 Å². The monoisotopic (exact) mass is 226 g/mol. The largest absolute Gasteiger partial charge is 0.444 e. The van der Waals surface area contributed by atoms with E-state index >= 15 is 0 Å². The molecule has 92 valence electrons. The first-order chi connectivity index (χ1) is 7.37. The Morgan fingerprint density at radius 3 is 2.44 bits per heavy atom. The maximum absolute atomic E-state index is 11.4. The molecule has 1 aliphatic rings. The number of nitrogens with zero attached hydrogens (tertiary/aromatic N) is 1. The first-order valence-corrected chi connectivity index (χ1v) is 5.77. The van der Waals surface area contributed by atoms with Crippen LogP contribution in [0.25, 0.3) is 0 Å². The van der Waals surface area contributed by atoms with Crippen molar-refractivity contribution in [3.8, 4) is 0 Å². The van der Waals surface area contributed by atoms with E-state index in [4.69, 9.17) is 4.74 Å². The standard InChI is InChI=1S/C12H22N2O2/c1-10(9-14-7-5-6-8-14)13-11(15)16-12(2,3)4/h1,5-9H2,2-4H3,(H,13,15). The lowest BCUT2D eigenvalue weighted by atomic mass is 10.2. The zero-order valence-corrected chi connectivity index (χ0v) is 10.5. The van der Waals surface area contributed by atoms with Crippen LogP contribution in [0.3, 0.4) is 0 Å². The van der Waals surface area contributed by atoms with E-state index in [1.807, 2.05) is 20.8 Å². The molecule has 0 atom stereocenters. The second kappa shape index (κ2) is 5.34. The molecular formula is C12H22N2O2. The first-order valence-electron chi connectivity index (χ1n) is 5.77. The van der Waals surface area contributed by atoms with Crippen molar-refractivity contribution < 1.29 is 9.53 Å². The van der Waals surface area contributed by atoms with Crippen molar-refractivity contribution in [1.29, 1.82) is 0 Å². The molecule has 1 saturated heterocycles. The highest BCUT2D eigenvalue weighted by molar-refractivity contribution is 5.69. The highest BCUT2D eigenvalue weighted by atomic mass is 16.6. The molecular weight excluding hydrogens is 204 g/mol. The summed E-state index contributed by atoms with van der Waals surface area (Å²) in [6, 6.07) is 0. The summed E-state index contributed by atoms with van der Waals surface area (Å²) >= 11 is 0. The highest BCUT2D eigenvalue weighted by Gasteiger charge is 2.18. The molecule has 0 aromatic carbocycles. The van der Waals surface area contributed by atoms with Gasteiger partial charge >= 0.3 is 6.09 Å². The van der Waals surface area contributed by atoms with E-state index in [0.717, 1.165) is 19.6 Å². The van der Waals surface area contributed by atoms with Gasteiger partial charge in [-0.1, -0.05) is 6.58 Å². The number of rotatable bonds is 3. The third-order valence-corrected chi connectivity index (χ3v) is 2.29. The van der Waals surface area contributed by atoms with Gasteiger partial charge in [0.2, 0.25) is 0 Å². The molecule has 0 saturated carbocycles. The minimum Gasteiger partial charge on any atom is -0.444 e. The van der Waals surface area contributed by atoms with Crippen molar-refractivity contribution in [1.82, 2.24) is 10.2 Å². The molecule has 1 N–H and O–H groups in total. The minimum absolute atomic E-state index is 0.420. The molecule has 0 aromatic rings. The maximum Gasteiger partial charge on any atom is 0.411 e. The van der Waals surface area contributed by atoms with E-state index in [-0.39, 0.29) is 0 Å².